The first-order chi connectivity index (χ1) is 8.54. The number of carbonyl (C=O) groups is 1. The topological polar surface area (TPSA) is 64.4 Å². The number of hydrogen-bond donors (Lipinski definition) is 1. The normalized spacial score (nSPS) is 10.4. The van der Waals surface area contributed by atoms with Gasteiger partial charge in [0, 0.05) is 6.07 Å². The van der Waals surface area contributed by atoms with E-state index in [2.05, 4.69) is 5.10 Å². The number of hydrogen-bond acceptors (Lipinski definition) is 3. The summed E-state index contributed by atoms with van der Waals surface area (Å²) in [7, 11) is 1.58. The molecule has 6 heteroatoms. The number of halogens is 1. The Balaban J connectivity index is 2.57. The van der Waals surface area contributed by atoms with Gasteiger partial charge in [0.2, 0.25) is 0 Å². The van der Waals surface area contributed by atoms with Crippen molar-refractivity contribution in [2.24, 2.45) is 0 Å². The van der Waals surface area contributed by atoms with E-state index in [1.165, 1.54) is 0 Å². The lowest BCUT2D eigenvalue weighted by Gasteiger charge is -2.06. The maximum absolute atomic E-state index is 11.0. The molecule has 1 N–H and O–H groups in total. The zero-order valence-corrected chi connectivity index (χ0v) is 12.0. The van der Waals surface area contributed by atoms with Crippen LogP contribution >= 0.6 is 22.6 Å². The number of aromatic nitrogens is 2. The average molecular weight is 358 g/mol. The maximum Gasteiger partial charge on any atom is 0.357 e. The number of carboxylic acid groups (broad SMARTS) is 1. The Bertz CT molecular complexity index is 607. The monoisotopic (exact) mass is 358 g/mol. The SMILES string of the molecule is COc1cccc(-n2nc(C(=O)O)c(I)c2C)c1. The molecule has 0 spiro atoms. The van der Waals surface area contributed by atoms with Crippen molar-refractivity contribution in [3.8, 4) is 11.4 Å². The summed E-state index contributed by atoms with van der Waals surface area (Å²) < 4.78 is 7.39. The van der Waals surface area contributed by atoms with Crippen LogP contribution in [0.15, 0.2) is 24.3 Å². The van der Waals surface area contributed by atoms with E-state index in [-0.39, 0.29) is 5.69 Å². The second-order valence-electron chi connectivity index (χ2n) is 3.67. The van der Waals surface area contributed by atoms with E-state index in [9.17, 15) is 4.79 Å². The van der Waals surface area contributed by atoms with Crippen LogP contribution in [-0.4, -0.2) is 28.0 Å². The Kier molecular flexibility index (Phi) is 3.55. The zero-order chi connectivity index (χ0) is 13.3. The van der Waals surface area contributed by atoms with E-state index >= 15 is 0 Å². The molecule has 0 saturated carbocycles. The first-order valence-electron chi connectivity index (χ1n) is 5.17. The fourth-order valence-electron chi connectivity index (χ4n) is 1.61. The average Bonchev–Trinajstić information content (AvgIpc) is 2.67. The molecule has 1 aromatic heterocycles. The lowest BCUT2D eigenvalue weighted by Crippen LogP contribution is -2.02. The summed E-state index contributed by atoms with van der Waals surface area (Å²) in [6.07, 6.45) is 0. The van der Waals surface area contributed by atoms with Crippen molar-refractivity contribution in [1.29, 1.82) is 0 Å². The van der Waals surface area contributed by atoms with Gasteiger partial charge < -0.3 is 9.84 Å². The molecule has 1 heterocycles. The molecule has 2 aromatic rings. The van der Waals surface area contributed by atoms with Crippen LogP contribution in [0.5, 0.6) is 5.75 Å². The highest BCUT2D eigenvalue weighted by atomic mass is 127. The van der Waals surface area contributed by atoms with Crippen molar-refractivity contribution in [1.82, 2.24) is 9.78 Å². The van der Waals surface area contributed by atoms with Gasteiger partial charge in [-0.25, -0.2) is 9.48 Å². The molecule has 0 atom stereocenters. The molecule has 94 valence electrons. The number of methoxy groups -OCH3 is 1. The van der Waals surface area contributed by atoms with Crippen LogP contribution in [0.4, 0.5) is 0 Å². The molecule has 0 aliphatic rings. The van der Waals surface area contributed by atoms with Crippen molar-refractivity contribution < 1.29 is 14.6 Å². The molecule has 2 rings (SSSR count). The second-order valence-corrected chi connectivity index (χ2v) is 4.75. The van der Waals surface area contributed by atoms with E-state index in [0.29, 0.717) is 9.32 Å². The van der Waals surface area contributed by atoms with Gasteiger partial charge in [-0.1, -0.05) is 6.07 Å². The van der Waals surface area contributed by atoms with E-state index < -0.39 is 5.97 Å². The third-order valence-electron chi connectivity index (χ3n) is 2.54. The van der Waals surface area contributed by atoms with Crippen molar-refractivity contribution in [2.75, 3.05) is 7.11 Å². The molecule has 0 bridgehead atoms. The Morgan fingerprint density at radius 2 is 2.22 bits per heavy atom. The lowest BCUT2D eigenvalue weighted by molar-refractivity contribution is 0.0689. The highest BCUT2D eigenvalue weighted by Gasteiger charge is 2.18. The van der Waals surface area contributed by atoms with Gasteiger partial charge in [0.05, 0.1) is 22.1 Å². The van der Waals surface area contributed by atoms with Crippen LogP contribution in [0, 0.1) is 10.5 Å². The predicted molar refractivity (Wildman–Crippen MR) is 74.5 cm³/mol. The fourth-order valence-corrected chi connectivity index (χ4v) is 2.18. The third-order valence-corrected chi connectivity index (χ3v) is 3.84. The Labute approximate surface area is 118 Å². The molecule has 5 nitrogen and oxygen atoms in total. The molecule has 0 unspecified atom stereocenters. The molecule has 0 aliphatic heterocycles. The van der Waals surface area contributed by atoms with E-state index in [4.69, 9.17) is 9.84 Å². The van der Waals surface area contributed by atoms with Gasteiger partial charge >= 0.3 is 5.97 Å². The van der Waals surface area contributed by atoms with Gasteiger partial charge in [0.25, 0.3) is 0 Å². The van der Waals surface area contributed by atoms with Crippen molar-refractivity contribution in [3.05, 3.63) is 39.2 Å². The van der Waals surface area contributed by atoms with Crippen LogP contribution in [0.2, 0.25) is 0 Å². The second kappa shape index (κ2) is 4.97. The van der Waals surface area contributed by atoms with Gasteiger partial charge in [-0.15, -0.1) is 0 Å². The van der Waals surface area contributed by atoms with E-state index in [1.807, 2.05) is 53.8 Å². The molecule has 1 aromatic carbocycles. The third kappa shape index (κ3) is 2.20. The number of nitrogens with zero attached hydrogens (tertiary/aromatic N) is 2. The molecule has 0 aliphatic carbocycles. The largest absolute Gasteiger partial charge is 0.497 e. The number of ether oxygens (including phenoxy) is 1. The van der Waals surface area contributed by atoms with Gasteiger partial charge in [0.15, 0.2) is 5.69 Å². The van der Waals surface area contributed by atoms with Gasteiger partial charge in [0.1, 0.15) is 5.75 Å². The fraction of sp³-hybridized carbons (Fsp3) is 0.167. The maximum atomic E-state index is 11.0. The minimum atomic E-state index is -1.02. The standard InChI is InChI=1S/C12H11IN2O3/c1-7-10(13)11(12(16)17)14-15(7)8-4-3-5-9(6-8)18-2/h3-6H,1-2H3,(H,16,17). The first kappa shape index (κ1) is 12.9. The highest BCUT2D eigenvalue weighted by Crippen LogP contribution is 2.22. The molecule has 0 amide bonds. The molecule has 0 radical (unpaired) electrons. The Hall–Kier alpha value is -1.57. The number of carboxylic acids is 1. The summed E-state index contributed by atoms with van der Waals surface area (Å²) in [5.41, 5.74) is 1.63. The van der Waals surface area contributed by atoms with Gasteiger partial charge in [-0.2, -0.15) is 5.10 Å². The van der Waals surface area contributed by atoms with Crippen molar-refractivity contribution in [3.63, 3.8) is 0 Å². The summed E-state index contributed by atoms with van der Waals surface area (Å²) in [5.74, 6) is -0.321. The Morgan fingerprint density at radius 3 is 2.78 bits per heavy atom. The summed E-state index contributed by atoms with van der Waals surface area (Å²) in [6.45, 7) is 1.83. The van der Waals surface area contributed by atoms with Crippen molar-refractivity contribution in [2.45, 2.75) is 6.92 Å². The number of aromatic carboxylic acids is 1. The van der Waals surface area contributed by atoms with Crippen LogP contribution < -0.4 is 4.74 Å². The van der Waals surface area contributed by atoms with Gasteiger partial charge in [-0.05, 0) is 41.6 Å². The minimum Gasteiger partial charge on any atom is -0.497 e. The van der Waals surface area contributed by atoms with Crippen LogP contribution in [0.1, 0.15) is 16.2 Å². The van der Waals surface area contributed by atoms with Crippen LogP contribution in [-0.2, 0) is 0 Å². The molecule has 18 heavy (non-hydrogen) atoms. The summed E-state index contributed by atoms with van der Waals surface area (Å²) >= 11 is 1.99. The highest BCUT2D eigenvalue weighted by molar-refractivity contribution is 14.1. The van der Waals surface area contributed by atoms with Crippen molar-refractivity contribution >= 4 is 28.6 Å². The van der Waals surface area contributed by atoms with Gasteiger partial charge in [-0.3, -0.25) is 0 Å². The minimum absolute atomic E-state index is 0.0657. The number of rotatable bonds is 3. The summed E-state index contributed by atoms with van der Waals surface area (Å²) in [4.78, 5) is 11.0. The number of benzene rings is 1. The van der Waals surface area contributed by atoms with E-state index in [1.54, 1.807) is 11.8 Å². The van der Waals surface area contributed by atoms with Crippen LogP contribution in [0.25, 0.3) is 5.69 Å². The quantitative estimate of drug-likeness (QED) is 0.857. The summed E-state index contributed by atoms with van der Waals surface area (Å²) in [6, 6.07) is 7.32. The summed E-state index contributed by atoms with van der Waals surface area (Å²) in [5, 5.41) is 13.2. The van der Waals surface area contributed by atoms with Crippen LogP contribution in [0.3, 0.4) is 0 Å². The lowest BCUT2D eigenvalue weighted by atomic mass is 10.3. The predicted octanol–water partition coefficient (Wildman–Crippen LogP) is 2.49. The molecule has 0 fully saturated rings. The molecular weight excluding hydrogens is 347 g/mol. The zero-order valence-electron chi connectivity index (χ0n) is 9.85. The molecular formula is C12H11IN2O3. The molecule has 0 saturated heterocycles. The van der Waals surface area contributed by atoms with E-state index in [0.717, 1.165) is 11.4 Å². The first-order valence-corrected chi connectivity index (χ1v) is 6.25. The smallest absolute Gasteiger partial charge is 0.357 e. The Morgan fingerprint density at radius 1 is 1.50 bits per heavy atom.